The lowest BCUT2D eigenvalue weighted by atomic mass is 10.2. The molecule has 1 amide bonds. The summed E-state index contributed by atoms with van der Waals surface area (Å²) in [6.07, 6.45) is 1.26. The van der Waals surface area contributed by atoms with Crippen LogP contribution in [0, 0.1) is 17.0 Å². The number of aromatic nitrogens is 2. The fourth-order valence-corrected chi connectivity index (χ4v) is 2.21. The summed E-state index contributed by atoms with van der Waals surface area (Å²) in [6.45, 7) is 2.00. The number of aryl methyl sites for hydroxylation is 1. The van der Waals surface area contributed by atoms with Crippen LogP contribution >= 0.6 is 15.9 Å². The third-order valence-corrected chi connectivity index (χ3v) is 3.67. The van der Waals surface area contributed by atoms with Gasteiger partial charge in [-0.25, -0.2) is 0 Å². The second-order valence-electron chi connectivity index (χ2n) is 4.40. The van der Waals surface area contributed by atoms with Gasteiger partial charge in [0.1, 0.15) is 12.7 Å². The monoisotopic (exact) mass is 352 g/mol. The molecule has 0 radical (unpaired) electrons. The predicted molar refractivity (Wildman–Crippen MR) is 79.6 cm³/mol. The van der Waals surface area contributed by atoms with Gasteiger partial charge in [0.2, 0.25) is 11.7 Å². The van der Waals surface area contributed by atoms with Crippen LogP contribution in [-0.2, 0) is 17.9 Å². The number of nitro groups is 1. The second kappa shape index (κ2) is 6.49. The van der Waals surface area contributed by atoms with Gasteiger partial charge in [0, 0.05) is 17.9 Å². The minimum Gasteiger partial charge on any atom is -0.358 e. The fourth-order valence-electron chi connectivity index (χ4n) is 1.79. The number of amides is 1. The number of nitrogens with zero attached hydrogens (tertiary/aromatic N) is 3. The SMILES string of the molecule is Cc1nc([N+](=O)[O-])cn1CC(=O)NCc1ccccc1Br. The Labute approximate surface area is 129 Å². The Morgan fingerprint density at radius 1 is 1.48 bits per heavy atom. The van der Waals surface area contributed by atoms with Crippen molar-refractivity contribution in [3.8, 4) is 0 Å². The summed E-state index contributed by atoms with van der Waals surface area (Å²) in [5, 5.41) is 13.4. The molecule has 0 atom stereocenters. The Bertz CT molecular complexity index is 684. The zero-order valence-electron chi connectivity index (χ0n) is 11.2. The van der Waals surface area contributed by atoms with Crippen molar-refractivity contribution < 1.29 is 9.72 Å². The quantitative estimate of drug-likeness (QED) is 0.659. The van der Waals surface area contributed by atoms with Gasteiger partial charge in [-0.1, -0.05) is 34.1 Å². The summed E-state index contributed by atoms with van der Waals surface area (Å²) in [5.41, 5.74) is 0.958. The number of halogens is 1. The van der Waals surface area contributed by atoms with Crippen LogP contribution in [0.1, 0.15) is 11.4 Å². The number of hydrogen-bond donors (Lipinski definition) is 1. The van der Waals surface area contributed by atoms with Crippen LogP contribution < -0.4 is 5.32 Å². The molecule has 1 N–H and O–H groups in total. The average molecular weight is 353 g/mol. The van der Waals surface area contributed by atoms with Gasteiger partial charge < -0.3 is 15.4 Å². The zero-order chi connectivity index (χ0) is 15.4. The van der Waals surface area contributed by atoms with Crippen molar-refractivity contribution in [3.05, 3.63) is 56.4 Å². The molecule has 0 spiro atoms. The fraction of sp³-hybridized carbons (Fsp3) is 0.231. The van der Waals surface area contributed by atoms with Crippen LogP contribution in [0.4, 0.5) is 5.82 Å². The first kappa shape index (κ1) is 15.2. The molecular formula is C13H13BrN4O3. The van der Waals surface area contributed by atoms with Gasteiger partial charge >= 0.3 is 5.82 Å². The molecular weight excluding hydrogens is 340 g/mol. The van der Waals surface area contributed by atoms with Gasteiger partial charge in [0.05, 0.1) is 0 Å². The molecule has 1 aromatic carbocycles. The first-order valence-electron chi connectivity index (χ1n) is 6.15. The van der Waals surface area contributed by atoms with Gasteiger partial charge in [-0.2, -0.15) is 0 Å². The van der Waals surface area contributed by atoms with Gasteiger partial charge in [-0.05, 0) is 21.5 Å². The van der Waals surface area contributed by atoms with Crippen LogP contribution in [0.3, 0.4) is 0 Å². The molecule has 0 bridgehead atoms. The summed E-state index contributed by atoms with van der Waals surface area (Å²) in [6, 6.07) is 7.57. The molecule has 0 saturated heterocycles. The maximum absolute atomic E-state index is 11.9. The molecule has 1 aromatic heterocycles. The highest BCUT2D eigenvalue weighted by molar-refractivity contribution is 9.10. The van der Waals surface area contributed by atoms with Crippen molar-refractivity contribution in [1.82, 2.24) is 14.9 Å². The van der Waals surface area contributed by atoms with Gasteiger partial charge in [-0.3, -0.25) is 9.36 Å². The van der Waals surface area contributed by atoms with Crippen LogP contribution in [0.25, 0.3) is 0 Å². The summed E-state index contributed by atoms with van der Waals surface area (Å²) < 4.78 is 2.37. The summed E-state index contributed by atoms with van der Waals surface area (Å²) in [5.74, 6) is -0.0648. The lowest BCUT2D eigenvalue weighted by Crippen LogP contribution is -2.27. The van der Waals surface area contributed by atoms with Crippen molar-refractivity contribution in [3.63, 3.8) is 0 Å². The van der Waals surface area contributed by atoms with E-state index >= 15 is 0 Å². The lowest BCUT2D eigenvalue weighted by Gasteiger charge is -2.07. The molecule has 8 heteroatoms. The Morgan fingerprint density at radius 3 is 2.81 bits per heavy atom. The number of nitrogens with one attached hydrogen (secondary N) is 1. The molecule has 110 valence electrons. The highest BCUT2D eigenvalue weighted by atomic mass is 79.9. The first-order chi connectivity index (χ1) is 9.97. The molecule has 0 aliphatic rings. The summed E-state index contributed by atoms with van der Waals surface area (Å²) in [4.78, 5) is 25.7. The van der Waals surface area contributed by atoms with Crippen LogP contribution in [0.5, 0.6) is 0 Å². The highest BCUT2D eigenvalue weighted by Crippen LogP contribution is 2.15. The number of imidazole rings is 1. The Kier molecular flexibility index (Phi) is 4.69. The third kappa shape index (κ3) is 3.88. The van der Waals surface area contributed by atoms with Crippen LogP contribution in [0.2, 0.25) is 0 Å². The highest BCUT2D eigenvalue weighted by Gasteiger charge is 2.16. The predicted octanol–water partition coefficient (Wildman–Crippen LogP) is 2.18. The molecule has 1 heterocycles. The summed E-state index contributed by atoms with van der Waals surface area (Å²) in [7, 11) is 0. The average Bonchev–Trinajstić information content (AvgIpc) is 2.79. The van der Waals surface area contributed by atoms with Gasteiger partial charge in [0.15, 0.2) is 0 Å². The van der Waals surface area contributed by atoms with Crippen molar-refractivity contribution >= 4 is 27.7 Å². The number of hydrogen-bond acceptors (Lipinski definition) is 4. The van der Waals surface area contributed by atoms with Crippen molar-refractivity contribution in [1.29, 1.82) is 0 Å². The Hall–Kier alpha value is -2.22. The largest absolute Gasteiger partial charge is 0.381 e. The van der Waals surface area contributed by atoms with E-state index in [1.165, 1.54) is 10.8 Å². The topological polar surface area (TPSA) is 90.1 Å². The maximum atomic E-state index is 11.9. The van der Waals surface area contributed by atoms with E-state index in [4.69, 9.17) is 0 Å². The molecule has 0 saturated carbocycles. The van der Waals surface area contributed by atoms with Crippen molar-refractivity contribution in [2.24, 2.45) is 0 Å². The molecule has 0 unspecified atom stereocenters. The Balaban J connectivity index is 1.96. The summed E-state index contributed by atoms with van der Waals surface area (Å²) >= 11 is 3.40. The smallest absolute Gasteiger partial charge is 0.358 e. The minimum atomic E-state index is -0.581. The van der Waals surface area contributed by atoms with Crippen LogP contribution in [0.15, 0.2) is 34.9 Å². The van der Waals surface area contributed by atoms with Crippen molar-refractivity contribution in [2.45, 2.75) is 20.0 Å². The van der Waals surface area contributed by atoms with E-state index in [0.29, 0.717) is 12.4 Å². The molecule has 0 aliphatic heterocycles. The van der Waals surface area contributed by atoms with E-state index in [1.54, 1.807) is 6.92 Å². The van der Waals surface area contributed by atoms with E-state index in [2.05, 4.69) is 26.2 Å². The molecule has 21 heavy (non-hydrogen) atoms. The molecule has 0 aliphatic carbocycles. The first-order valence-corrected chi connectivity index (χ1v) is 6.95. The van der Waals surface area contributed by atoms with E-state index in [1.807, 2.05) is 24.3 Å². The lowest BCUT2D eigenvalue weighted by molar-refractivity contribution is -0.389. The molecule has 0 fully saturated rings. The second-order valence-corrected chi connectivity index (χ2v) is 5.25. The van der Waals surface area contributed by atoms with E-state index < -0.39 is 4.92 Å². The van der Waals surface area contributed by atoms with E-state index in [9.17, 15) is 14.9 Å². The minimum absolute atomic E-state index is 0.00285. The number of rotatable bonds is 5. The zero-order valence-corrected chi connectivity index (χ0v) is 12.8. The van der Waals surface area contributed by atoms with Crippen molar-refractivity contribution in [2.75, 3.05) is 0 Å². The number of carbonyl (C=O) groups is 1. The standard InChI is InChI=1S/C13H13BrN4O3/c1-9-16-12(18(20)21)7-17(9)8-13(19)15-6-10-4-2-3-5-11(10)14/h2-5,7H,6,8H2,1H3,(H,15,19). The maximum Gasteiger partial charge on any atom is 0.381 e. The third-order valence-electron chi connectivity index (χ3n) is 2.90. The van der Waals surface area contributed by atoms with Crippen LogP contribution in [-0.4, -0.2) is 20.4 Å². The molecule has 2 aromatic rings. The Morgan fingerprint density at radius 2 is 2.19 bits per heavy atom. The van der Waals surface area contributed by atoms with Gasteiger partial charge in [0.25, 0.3) is 0 Å². The molecule has 7 nitrogen and oxygen atoms in total. The molecule has 2 rings (SSSR count). The van der Waals surface area contributed by atoms with E-state index in [0.717, 1.165) is 10.0 Å². The number of benzene rings is 1. The number of carbonyl (C=O) groups excluding carboxylic acids is 1. The normalized spacial score (nSPS) is 10.4. The van der Waals surface area contributed by atoms with Gasteiger partial charge in [-0.15, -0.1) is 0 Å². The van der Waals surface area contributed by atoms with E-state index in [-0.39, 0.29) is 18.3 Å².